The van der Waals surface area contributed by atoms with Crippen molar-refractivity contribution >= 4 is 43.0 Å². The van der Waals surface area contributed by atoms with Crippen LogP contribution in [0.1, 0.15) is 22.8 Å². The van der Waals surface area contributed by atoms with Crippen molar-refractivity contribution in [2.24, 2.45) is 0 Å². The summed E-state index contributed by atoms with van der Waals surface area (Å²) in [6, 6.07) is 26.0. The van der Waals surface area contributed by atoms with E-state index >= 15 is 0 Å². The molecule has 0 saturated heterocycles. The Labute approximate surface area is 240 Å². The second-order valence-corrected chi connectivity index (χ2v) is 13.0. The first kappa shape index (κ1) is 28.2. The third-order valence-corrected chi connectivity index (χ3v) is 10.6. The van der Waals surface area contributed by atoms with Gasteiger partial charge in [0.15, 0.2) is 0 Å². The van der Waals surface area contributed by atoms with E-state index < -0.39 is 26.0 Å². The van der Waals surface area contributed by atoms with Crippen LogP contribution in [-0.4, -0.2) is 42.9 Å². The average molecular weight is 592 g/mol. The number of benzene rings is 4. The number of nitrogens with zero attached hydrogens (tertiary/aromatic N) is 2. The lowest BCUT2D eigenvalue weighted by Gasteiger charge is -2.23. The van der Waals surface area contributed by atoms with Gasteiger partial charge >= 0.3 is 0 Å². The summed E-state index contributed by atoms with van der Waals surface area (Å²) in [4.78, 5) is 13.3. The Morgan fingerprint density at radius 2 is 1.61 bits per heavy atom. The molecule has 4 aromatic carbocycles. The first-order valence-corrected chi connectivity index (χ1v) is 15.8. The van der Waals surface area contributed by atoms with E-state index in [1.165, 1.54) is 58.2 Å². The van der Waals surface area contributed by atoms with Crippen molar-refractivity contribution in [1.82, 2.24) is 0 Å². The first-order valence-electron chi connectivity index (χ1n) is 12.9. The monoisotopic (exact) mass is 591 g/mol. The van der Waals surface area contributed by atoms with Gasteiger partial charge in [0.25, 0.3) is 26.0 Å². The zero-order valence-corrected chi connectivity index (χ0v) is 24.2. The van der Waals surface area contributed by atoms with Gasteiger partial charge in [-0.25, -0.2) is 16.8 Å². The van der Waals surface area contributed by atoms with Crippen molar-refractivity contribution in [3.8, 4) is 5.75 Å². The normalized spacial score (nSPS) is 13.0. The molecule has 4 aromatic rings. The van der Waals surface area contributed by atoms with Crippen molar-refractivity contribution in [3.63, 3.8) is 0 Å². The van der Waals surface area contributed by atoms with E-state index in [1.807, 2.05) is 12.1 Å². The van der Waals surface area contributed by atoms with Crippen LogP contribution in [0.4, 0.5) is 17.1 Å². The van der Waals surface area contributed by atoms with Crippen LogP contribution < -0.4 is 18.7 Å². The van der Waals surface area contributed by atoms with Crippen LogP contribution in [0.5, 0.6) is 5.75 Å². The van der Waals surface area contributed by atoms with Crippen molar-refractivity contribution < 1.29 is 26.4 Å². The van der Waals surface area contributed by atoms with Crippen molar-refractivity contribution in [2.45, 2.75) is 23.1 Å². The largest absolute Gasteiger partial charge is 0.495 e. The molecule has 0 fully saturated rings. The molecule has 11 heteroatoms. The Kier molecular flexibility index (Phi) is 7.74. The molecule has 0 unspecified atom stereocenters. The number of nitrogens with one attached hydrogen (secondary N) is 1. The Morgan fingerprint density at radius 3 is 2.34 bits per heavy atom. The van der Waals surface area contributed by atoms with Gasteiger partial charge in [0.1, 0.15) is 5.75 Å². The Bertz CT molecular complexity index is 1810. The summed E-state index contributed by atoms with van der Waals surface area (Å²) < 4.78 is 62.1. The first-order chi connectivity index (χ1) is 19.7. The number of fused-ring (bicyclic) bond motifs is 1. The minimum absolute atomic E-state index is 0.0217. The Morgan fingerprint density at radius 1 is 0.878 bits per heavy atom. The van der Waals surface area contributed by atoms with Gasteiger partial charge in [-0.1, -0.05) is 42.5 Å². The van der Waals surface area contributed by atoms with E-state index in [-0.39, 0.29) is 33.3 Å². The lowest BCUT2D eigenvalue weighted by molar-refractivity contribution is 0.102. The Balaban J connectivity index is 1.44. The zero-order valence-electron chi connectivity index (χ0n) is 22.5. The maximum Gasteiger partial charge on any atom is 0.264 e. The van der Waals surface area contributed by atoms with Crippen LogP contribution in [-0.2, 0) is 26.5 Å². The van der Waals surface area contributed by atoms with Gasteiger partial charge in [-0.15, -0.1) is 0 Å². The van der Waals surface area contributed by atoms with Crippen LogP contribution in [0, 0.1) is 0 Å². The second kappa shape index (κ2) is 11.3. The number of anilines is 3. The number of amides is 1. The molecule has 9 nitrogen and oxygen atoms in total. The molecule has 0 spiro atoms. The summed E-state index contributed by atoms with van der Waals surface area (Å²) >= 11 is 0. The van der Waals surface area contributed by atoms with Crippen LogP contribution in [0.2, 0.25) is 0 Å². The minimum Gasteiger partial charge on any atom is -0.495 e. The number of methoxy groups -OCH3 is 1. The zero-order chi connectivity index (χ0) is 29.2. The molecule has 0 radical (unpaired) electrons. The molecule has 1 amide bonds. The molecule has 0 aliphatic carbocycles. The number of sulfonamides is 2. The van der Waals surface area contributed by atoms with E-state index in [1.54, 1.807) is 49.4 Å². The highest BCUT2D eigenvalue weighted by molar-refractivity contribution is 7.93. The van der Waals surface area contributed by atoms with Gasteiger partial charge in [-0.2, -0.15) is 0 Å². The number of ether oxygens (including phenoxy) is 1. The van der Waals surface area contributed by atoms with E-state index in [0.717, 1.165) is 5.56 Å². The van der Waals surface area contributed by atoms with Gasteiger partial charge < -0.3 is 10.1 Å². The molecule has 1 aliphatic rings. The smallest absolute Gasteiger partial charge is 0.264 e. The fourth-order valence-corrected chi connectivity index (χ4v) is 7.89. The topological polar surface area (TPSA) is 113 Å². The lowest BCUT2D eigenvalue weighted by atomic mass is 10.2. The molecule has 5 rings (SSSR count). The Hall–Kier alpha value is -4.35. The molecule has 41 heavy (non-hydrogen) atoms. The molecule has 0 atom stereocenters. The molecule has 1 aliphatic heterocycles. The fraction of sp³-hybridized carbons (Fsp3) is 0.167. The third kappa shape index (κ3) is 5.38. The number of hydrogen-bond acceptors (Lipinski definition) is 6. The molecule has 1 heterocycles. The van der Waals surface area contributed by atoms with Gasteiger partial charge in [-0.3, -0.25) is 13.4 Å². The van der Waals surface area contributed by atoms with Gasteiger partial charge in [0.05, 0.1) is 34.0 Å². The minimum atomic E-state index is -3.97. The van der Waals surface area contributed by atoms with Crippen LogP contribution in [0.25, 0.3) is 0 Å². The van der Waals surface area contributed by atoms with Crippen LogP contribution in [0.15, 0.2) is 107 Å². The van der Waals surface area contributed by atoms with Crippen molar-refractivity contribution in [3.05, 3.63) is 108 Å². The number of carbonyl (C=O) groups excluding carboxylic acids is 1. The average Bonchev–Trinajstić information content (AvgIpc) is 3.43. The summed E-state index contributed by atoms with van der Waals surface area (Å²) in [6.07, 6.45) is 0.606. The number of carbonyl (C=O) groups is 1. The van der Waals surface area contributed by atoms with Crippen molar-refractivity contribution in [2.75, 3.05) is 34.1 Å². The van der Waals surface area contributed by atoms with E-state index in [4.69, 9.17) is 4.74 Å². The number of hydrogen-bond donors (Lipinski definition) is 1. The molecule has 1 N–H and O–H groups in total. The van der Waals surface area contributed by atoms with Gasteiger partial charge in [0, 0.05) is 18.7 Å². The van der Waals surface area contributed by atoms with Crippen molar-refractivity contribution in [1.29, 1.82) is 0 Å². The quantitative estimate of drug-likeness (QED) is 0.296. The standard InChI is InChI=1S/C30H29N3O6S2/c1-3-32(24-12-5-4-6-13-24)40(35,36)26-16-17-29(39-2)27(21-26)31-30(34)23-11-9-14-25(20-23)41(37,38)33-19-18-22-10-7-8-15-28(22)33/h4-17,20-21H,3,18-19H2,1-2H3,(H,31,34). The predicted molar refractivity (Wildman–Crippen MR) is 159 cm³/mol. The van der Waals surface area contributed by atoms with Crippen LogP contribution in [0.3, 0.4) is 0 Å². The summed E-state index contributed by atoms with van der Waals surface area (Å²) in [5.74, 6) is -0.371. The summed E-state index contributed by atoms with van der Waals surface area (Å²) in [5.41, 5.74) is 2.30. The summed E-state index contributed by atoms with van der Waals surface area (Å²) in [6.45, 7) is 2.25. The maximum absolute atomic E-state index is 13.5. The van der Waals surface area contributed by atoms with E-state index in [0.29, 0.717) is 24.3 Å². The molecule has 212 valence electrons. The molecule has 0 aromatic heterocycles. The highest BCUT2D eigenvalue weighted by atomic mass is 32.2. The third-order valence-electron chi connectivity index (χ3n) is 6.87. The van der Waals surface area contributed by atoms with E-state index in [2.05, 4.69) is 5.32 Å². The molecular formula is C30H29N3O6S2. The van der Waals surface area contributed by atoms with Gasteiger partial charge in [0.2, 0.25) is 0 Å². The maximum atomic E-state index is 13.5. The summed E-state index contributed by atoms with van der Waals surface area (Å²) in [7, 11) is -6.48. The van der Waals surface area contributed by atoms with Crippen LogP contribution >= 0.6 is 0 Å². The molecule has 0 bridgehead atoms. The predicted octanol–water partition coefficient (Wildman–Crippen LogP) is 4.91. The number of rotatable bonds is 9. The fourth-order valence-electron chi connectivity index (χ4n) is 4.84. The summed E-state index contributed by atoms with van der Waals surface area (Å²) in [5, 5.41) is 2.70. The molecule has 0 saturated carbocycles. The van der Waals surface area contributed by atoms with E-state index in [9.17, 15) is 21.6 Å². The molecular weight excluding hydrogens is 562 g/mol. The van der Waals surface area contributed by atoms with Gasteiger partial charge in [-0.05, 0) is 73.5 Å². The lowest BCUT2D eigenvalue weighted by Crippen LogP contribution is -2.30. The number of para-hydroxylation sites is 2. The highest BCUT2D eigenvalue weighted by Gasteiger charge is 2.31. The highest BCUT2D eigenvalue weighted by Crippen LogP contribution is 2.34. The second-order valence-electron chi connectivity index (χ2n) is 9.31. The SMILES string of the molecule is CCN(c1ccccc1)S(=O)(=O)c1ccc(OC)c(NC(=O)c2cccc(S(=O)(=O)N3CCc4ccccc43)c2)c1.